The van der Waals surface area contributed by atoms with Gasteiger partial charge < -0.3 is 42.7 Å². The van der Waals surface area contributed by atoms with Crippen LogP contribution in [-0.2, 0) is 17.1 Å². The molecule has 0 spiro atoms. The van der Waals surface area contributed by atoms with Gasteiger partial charge >= 0.3 is 69.6 Å². The molecule has 0 heterocycles. The summed E-state index contributed by atoms with van der Waals surface area (Å²) in [5.41, 5.74) is 1.17. The van der Waals surface area contributed by atoms with Gasteiger partial charge in [-0.25, -0.2) is 0 Å². The molecule has 0 fully saturated rings. The molecule has 0 aromatic heterocycles. The molecule has 0 bridgehead atoms. The molecule has 0 aliphatic heterocycles. The Morgan fingerprint density at radius 3 is 1.40 bits per heavy atom. The topological polar surface area (TPSA) is 170 Å². The van der Waals surface area contributed by atoms with Crippen molar-refractivity contribution in [3.8, 4) is 32.9 Å². The third kappa shape index (κ3) is 22.5. The van der Waals surface area contributed by atoms with E-state index in [0.717, 1.165) is 39.0 Å². The maximum Gasteiger partial charge on any atom is 3.00 e. The van der Waals surface area contributed by atoms with Crippen molar-refractivity contribution in [2.75, 3.05) is 54.5 Å². The molecule has 0 amide bonds. The number of quaternary nitrogens is 2. The second-order valence-corrected chi connectivity index (χ2v) is 7.88. The summed E-state index contributed by atoms with van der Waals surface area (Å²) in [5, 5.41) is 42.1. The van der Waals surface area contributed by atoms with Crippen LogP contribution in [0.1, 0.15) is 24.0 Å². The molecule has 0 aliphatic rings. The van der Waals surface area contributed by atoms with E-state index in [9.17, 15) is 10.2 Å². The van der Waals surface area contributed by atoms with Crippen LogP contribution in [0.4, 0.5) is 0 Å². The quantitative estimate of drug-likeness (QED) is 0.127. The molecule has 40 heavy (non-hydrogen) atoms. The Balaban J connectivity index is -0.000000259. The van der Waals surface area contributed by atoms with E-state index in [1.807, 2.05) is 14.1 Å². The van der Waals surface area contributed by atoms with Gasteiger partial charge in [0.1, 0.15) is 11.5 Å². The number of nitrogens with zero attached hydrogens (tertiary/aromatic N) is 4. The summed E-state index contributed by atoms with van der Waals surface area (Å²) in [4.78, 5) is 11.7. The van der Waals surface area contributed by atoms with Crippen molar-refractivity contribution in [2.24, 2.45) is 9.98 Å². The van der Waals surface area contributed by atoms with Crippen molar-refractivity contribution >= 4 is 44.5 Å². The first kappa shape index (κ1) is 44.7. The van der Waals surface area contributed by atoms with Crippen LogP contribution in [0.2, 0.25) is 0 Å². The van der Waals surface area contributed by atoms with E-state index in [2.05, 4.69) is 52.6 Å². The minimum atomic E-state index is -0.101. The van der Waals surface area contributed by atoms with Crippen molar-refractivity contribution < 1.29 is 59.8 Å². The molecule has 221 valence electrons. The number of aliphatic imine (C=N–C) groups is 2. The van der Waals surface area contributed by atoms with E-state index in [1.54, 1.807) is 58.8 Å². The Bertz CT molecular complexity index is 956. The van der Waals surface area contributed by atoms with E-state index >= 15 is 0 Å². The van der Waals surface area contributed by atoms with Gasteiger partial charge in [-0.1, -0.05) is 35.8 Å². The number of ether oxygens (including phenoxy) is 2. The number of nitriles is 2. The molecule has 0 atom stereocenters. The number of rotatable bonds is 12. The van der Waals surface area contributed by atoms with Crippen molar-refractivity contribution in [3.63, 3.8) is 0 Å². The fraction of sp³-hybridized carbons (Fsp3) is 0.385. The zero-order valence-corrected chi connectivity index (χ0v) is 28.3. The Morgan fingerprint density at radius 2 is 1.12 bits per heavy atom. The number of benzene rings is 2. The van der Waals surface area contributed by atoms with Gasteiger partial charge in [-0.3, -0.25) is 9.98 Å². The molecule has 0 unspecified atom stereocenters. The minimum Gasteiger partial charge on any atom is -1.00 e. The fourth-order valence-electron chi connectivity index (χ4n) is 2.69. The van der Waals surface area contributed by atoms with Crippen molar-refractivity contribution in [1.82, 2.24) is 0 Å². The van der Waals surface area contributed by atoms with E-state index in [4.69, 9.17) is 20.0 Å². The second-order valence-electron chi connectivity index (χ2n) is 7.11. The number of nitrogens with two attached hydrogens (primary N) is 2. The first-order valence-corrected chi connectivity index (χ1v) is 13.4. The van der Waals surface area contributed by atoms with Gasteiger partial charge in [0.15, 0.2) is 0 Å². The van der Waals surface area contributed by atoms with Gasteiger partial charge in [0.25, 0.3) is 0 Å². The van der Waals surface area contributed by atoms with Gasteiger partial charge in [0, 0.05) is 38.4 Å². The second kappa shape index (κ2) is 32.9. The molecule has 0 saturated carbocycles. The van der Waals surface area contributed by atoms with Crippen LogP contribution >= 0.6 is 0 Å². The van der Waals surface area contributed by atoms with Crippen LogP contribution in [0, 0.1) is 20.5 Å². The predicted molar refractivity (Wildman–Crippen MR) is 147 cm³/mol. The molecule has 0 aliphatic carbocycles. The van der Waals surface area contributed by atoms with Crippen molar-refractivity contribution in [2.45, 2.75) is 12.8 Å². The Labute approximate surface area is 271 Å². The largest absolute Gasteiger partial charge is 3.00 e. The molecule has 2 rings (SSSR count). The van der Waals surface area contributed by atoms with Gasteiger partial charge in [0.05, 0.1) is 41.4 Å². The zero-order chi connectivity index (χ0) is 29.0. The number of hydrogen-bond donors (Lipinski definition) is 2. The van der Waals surface area contributed by atoms with Gasteiger partial charge in [-0.15, -0.1) is 0 Å². The number of para-hydroxylation sites is 2. The maximum absolute atomic E-state index is 11.7. The van der Waals surface area contributed by atoms with Crippen LogP contribution in [0.25, 0.3) is 0 Å². The van der Waals surface area contributed by atoms with E-state index < -0.39 is 0 Å². The Hall–Kier alpha value is -2.27. The molecular formula is C26H36ClFeN6O4Se2. The standard InChI is InChI=1S/2C12H18N2O2.2CHNSe.ClH.Fe/c2*1-13-7-4-8-14-9-10-5-3-6-11(16-2)12(10)15;2*2-1-3;;/h2*3,5-6,9,13,15H,4,7-8H2,1-2H3;2*3H;1H;/q;;;;;+3/p-3. The summed E-state index contributed by atoms with van der Waals surface area (Å²) < 4.78 is 9.90. The third-order valence-corrected chi connectivity index (χ3v) is 4.48. The molecule has 10 nitrogen and oxygen atoms in total. The number of hydrogen-bond acceptors (Lipinski definition) is 8. The molecule has 0 saturated heterocycles. The average Bonchev–Trinajstić information content (AvgIpc) is 2.91. The molecular weight excluding hydrogens is 710 g/mol. The predicted octanol–water partition coefficient (Wildman–Crippen LogP) is -4.18. The van der Waals surface area contributed by atoms with Crippen LogP contribution in [-0.4, -0.2) is 98.9 Å². The molecule has 4 N–H and O–H groups in total. The first-order valence-electron chi connectivity index (χ1n) is 11.7. The summed E-state index contributed by atoms with van der Waals surface area (Å²) >= 11 is 4.22. The average molecular weight is 746 g/mol. The molecule has 14 heteroatoms. The van der Waals surface area contributed by atoms with Gasteiger partial charge in [-0.05, 0) is 23.3 Å². The summed E-state index contributed by atoms with van der Waals surface area (Å²) in [7, 11) is 7.05. The molecule has 2 aromatic rings. The SMILES string of the molecule is C[NH2+]CCCN=Cc1cccc(OC)c1[O-].C[NH2+]CCCN=Cc1cccc(OC)c1[O-].N#C[Se-].N#C[Se-].[Cl-].[Fe+3]. The van der Waals surface area contributed by atoms with E-state index in [1.165, 1.54) is 14.2 Å². The molecule has 1 radical (unpaired) electrons. The molecule has 2 aromatic carbocycles. The summed E-state index contributed by atoms with van der Waals surface area (Å²) in [5.74, 6) is 0.531. The maximum atomic E-state index is 11.7. The van der Waals surface area contributed by atoms with Crippen LogP contribution < -0.4 is 42.7 Å². The van der Waals surface area contributed by atoms with Gasteiger partial charge in [-0.2, -0.15) is 0 Å². The van der Waals surface area contributed by atoms with Crippen molar-refractivity contribution in [3.05, 3.63) is 47.5 Å². The van der Waals surface area contributed by atoms with Crippen LogP contribution in [0.3, 0.4) is 0 Å². The smallest absolute Gasteiger partial charge is 1.00 e. The summed E-state index contributed by atoms with van der Waals surface area (Å²) in [6.45, 7) is 3.61. The van der Waals surface area contributed by atoms with Crippen molar-refractivity contribution in [1.29, 1.82) is 10.5 Å². The monoisotopic (exact) mass is 747 g/mol. The minimum absolute atomic E-state index is 0. The van der Waals surface area contributed by atoms with Crippen LogP contribution in [0.15, 0.2) is 46.4 Å². The number of halogens is 1. The van der Waals surface area contributed by atoms with Crippen LogP contribution in [0.5, 0.6) is 23.0 Å². The summed E-state index contributed by atoms with van der Waals surface area (Å²) in [6, 6.07) is 10.4. The fourth-order valence-corrected chi connectivity index (χ4v) is 2.69. The third-order valence-electron chi connectivity index (χ3n) is 4.48. The zero-order valence-electron chi connectivity index (χ0n) is 23.0. The van der Waals surface area contributed by atoms with E-state index in [-0.39, 0.29) is 41.0 Å². The van der Waals surface area contributed by atoms with E-state index in [0.29, 0.717) is 22.6 Å². The Morgan fingerprint density at radius 1 is 0.800 bits per heavy atom. The van der Waals surface area contributed by atoms with Gasteiger partial charge in [0.2, 0.25) is 0 Å². The number of methoxy groups -OCH3 is 2. The first-order chi connectivity index (χ1) is 18.4. The Kier molecular flexibility index (Phi) is 36.8. The normalized spacial score (nSPS) is 9.05. The summed E-state index contributed by atoms with van der Waals surface area (Å²) in [6.07, 6.45) is 5.29.